The van der Waals surface area contributed by atoms with Gasteiger partial charge in [0.25, 0.3) is 0 Å². The molecule has 0 saturated carbocycles. The lowest BCUT2D eigenvalue weighted by molar-refractivity contribution is -0.117. The molecule has 6 nitrogen and oxygen atoms in total. The van der Waals surface area contributed by atoms with Gasteiger partial charge in [-0.05, 0) is 31.4 Å². The van der Waals surface area contributed by atoms with E-state index in [1.165, 1.54) is 11.3 Å². The Kier molecular flexibility index (Phi) is 7.19. The van der Waals surface area contributed by atoms with E-state index in [0.29, 0.717) is 23.7 Å². The van der Waals surface area contributed by atoms with Crippen molar-refractivity contribution < 1.29 is 19.1 Å². The van der Waals surface area contributed by atoms with Crippen LogP contribution in [0.25, 0.3) is 10.4 Å². The van der Waals surface area contributed by atoms with Crippen LogP contribution in [0.2, 0.25) is 0 Å². The molecule has 1 fully saturated rings. The maximum absolute atomic E-state index is 12.6. The normalized spacial score (nSPS) is 15.4. The second kappa shape index (κ2) is 9.82. The second-order valence-electron chi connectivity index (χ2n) is 6.70. The summed E-state index contributed by atoms with van der Waals surface area (Å²) in [7, 11) is 1.73. The monoisotopic (exact) mass is 402 g/mol. The zero-order valence-electron chi connectivity index (χ0n) is 16.3. The van der Waals surface area contributed by atoms with Gasteiger partial charge in [0, 0.05) is 25.1 Å². The van der Waals surface area contributed by atoms with Gasteiger partial charge in [0.1, 0.15) is 4.88 Å². The highest BCUT2D eigenvalue weighted by Crippen LogP contribution is 2.35. The molecule has 0 radical (unpaired) electrons. The molecule has 1 N–H and O–H groups in total. The first kappa shape index (κ1) is 20.5. The number of nitrogens with one attached hydrogen (secondary N) is 1. The third kappa shape index (κ3) is 5.19. The van der Waals surface area contributed by atoms with E-state index in [1.807, 2.05) is 36.4 Å². The summed E-state index contributed by atoms with van der Waals surface area (Å²) in [5.41, 5.74) is 1.51. The number of carbonyl (C=O) groups is 2. The van der Waals surface area contributed by atoms with Crippen LogP contribution in [0, 0.1) is 0 Å². The topological polar surface area (TPSA) is 67.9 Å². The average molecular weight is 403 g/mol. The molecule has 1 aromatic carbocycles. The highest BCUT2D eigenvalue weighted by molar-refractivity contribution is 7.18. The van der Waals surface area contributed by atoms with Crippen molar-refractivity contribution in [2.75, 3.05) is 38.7 Å². The number of nitrogens with zero attached hydrogens (tertiary/aromatic N) is 1. The van der Waals surface area contributed by atoms with Crippen molar-refractivity contribution >= 4 is 28.9 Å². The zero-order chi connectivity index (χ0) is 19.9. The number of amides is 1. The summed E-state index contributed by atoms with van der Waals surface area (Å²) in [5.74, 6) is -0.537. The number of rotatable bonds is 7. The van der Waals surface area contributed by atoms with Crippen LogP contribution in [-0.2, 0) is 14.3 Å². The van der Waals surface area contributed by atoms with Crippen LogP contribution >= 0.6 is 11.3 Å². The summed E-state index contributed by atoms with van der Waals surface area (Å²) in [6, 6.07) is 11.6. The SMILES string of the molecule is CCOC(=O)c1sc(-c2ccccc2)cc1NC(=O)CN1CCC(OC)CC1. The number of piperidine rings is 1. The molecule has 1 amide bonds. The Morgan fingerprint density at radius 2 is 1.93 bits per heavy atom. The molecular weight excluding hydrogens is 376 g/mol. The van der Waals surface area contributed by atoms with E-state index in [9.17, 15) is 9.59 Å². The lowest BCUT2D eigenvalue weighted by atomic mass is 10.1. The number of anilines is 1. The minimum Gasteiger partial charge on any atom is -0.462 e. The van der Waals surface area contributed by atoms with E-state index in [4.69, 9.17) is 9.47 Å². The molecule has 28 heavy (non-hydrogen) atoms. The Morgan fingerprint density at radius 1 is 1.21 bits per heavy atom. The Morgan fingerprint density at radius 3 is 2.57 bits per heavy atom. The van der Waals surface area contributed by atoms with Gasteiger partial charge in [-0.2, -0.15) is 0 Å². The van der Waals surface area contributed by atoms with Crippen molar-refractivity contribution in [2.45, 2.75) is 25.9 Å². The third-order valence-electron chi connectivity index (χ3n) is 4.76. The first-order chi connectivity index (χ1) is 13.6. The van der Waals surface area contributed by atoms with Gasteiger partial charge < -0.3 is 14.8 Å². The maximum atomic E-state index is 12.6. The number of carbonyl (C=O) groups excluding carboxylic acids is 2. The van der Waals surface area contributed by atoms with E-state index in [2.05, 4.69) is 10.2 Å². The van der Waals surface area contributed by atoms with Gasteiger partial charge in [0.15, 0.2) is 0 Å². The molecule has 0 aliphatic carbocycles. The fourth-order valence-electron chi connectivity index (χ4n) is 3.27. The fraction of sp³-hybridized carbons (Fsp3) is 0.429. The number of thiophene rings is 1. The molecule has 1 saturated heterocycles. The van der Waals surface area contributed by atoms with Crippen molar-refractivity contribution in [1.29, 1.82) is 0 Å². The lowest BCUT2D eigenvalue weighted by Gasteiger charge is -2.30. The quantitative estimate of drug-likeness (QED) is 0.716. The molecule has 150 valence electrons. The van der Waals surface area contributed by atoms with Gasteiger partial charge in [-0.25, -0.2) is 4.79 Å². The Bertz CT molecular complexity index is 798. The minimum atomic E-state index is -0.411. The molecule has 1 aliphatic rings. The van der Waals surface area contributed by atoms with Crippen molar-refractivity contribution in [2.24, 2.45) is 0 Å². The van der Waals surface area contributed by atoms with E-state index >= 15 is 0 Å². The first-order valence-corrected chi connectivity index (χ1v) is 10.3. The molecule has 1 aromatic heterocycles. The van der Waals surface area contributed by atoms with Crippen molar-refractivity contribution in [3.63, 3.8) is 0 Å². The van der Waals surface area contributed by atoms with Crippen molar-refractivity contribution in [3.05, 3.63) is 41.3 Å². The van der Waals surface area contributed by atoms with Crippen LogP contribution < -0.4 is 5.32 Å². The number of esters is 1. The molecule has 0 atom stereocenters. The first-order valence-electron chi connectivity index (χ1n) is 9.52. The molecule has 1 aliphatic heterocycles. The van der Waals surface area contributed by atoms with Gasteiger partial charge >= 0.3 is 5.97 Å². The number of methoxy groups -OCH3 is 1. The van der Waals surface area contributed by atoms with E-state index in [1.54, 1.807) is 14.0 Å². The molecular formula is C21H26N2O4S. The van der Waals surface area contributed by atoms with E-state index < -0.39 is 5.97 Å². The number of hydrogen-bond donors (Lipinski definition) is 1. The lowest BCUT2D eigenvalue weighted by Crippen LogP contribution is -2.41. The van der Waals surface area contributed by atoms with Crippen molar-refractivity contribution in [3.8, 4) is 10.4 Å². The largest absolute Gasteiger partial charge is 0.462 e. The number of likely N-dealkylation sites (tertiary alicyclic amines) is 1. The van der Waals surface area contributed by atoms with Gasteiger partial charge in [-0.3, -0.25) is 9.69 Å². The van der Waals surface area contributed by atoms with E-state index in [-0.39, 0.29) is 12.0 Å². The van der Waals surface area contributed by atoms with Crippen LogP contribution in [0.5, 0.6) is 0 Å². The fourth-order valence-corrected chi connectivity index (χ4v) is 4.29. The highest BCUT2D eigenvalue weighted by atomic mass is 32.1. The minimum absolute atomic E-state index is 0.126. The van der Waals surface area contributed by atoms with Crippen LogP contribution in [0.3, 0.4) is 0 Å². The van der Waals surface area contributed by atoms with E-state index in [0.717, 1.165) is 36.4 Å². The van der Waals surface area contributed by atoms with Crippen LogP contribution in [-0.4, -0.2) is 56.2 Å². The van der Waals surface area contributed by atoms with Crippen LogP contribution in [0.15, 0.2) is 36.4 Å². The molecule has 2 heterocycles. The van der Waals surface area contributed by atoms with Crippen LogP contribution in [0.4, 0.5) is 5.69 Å². The highest BCUT2D eigenvalue weighted by Gasteiger charge is 2.23. The molecule has 3 rings (SSSR count). The summed E-state index contributed by atoms with van der Waals surface area (Å²) in [6.45, 7) is 4.02. The van der Waals surface area contributed by atoms with Crippen LogP contribution in [0.1, 0.15) is 29.4 Å². The van der Waals surface area contributed by atoms with Gasteiger partial charge in [0.05, 0.1) is 24.9 Å². The number of ether oxygens (including phenoxy) is 2. The predicted octanol–water partition coefficient (Wildman–Crippen LogP) is 3.64. The molecule has 0 bridgehead atoms. The van der Waals surface area contributed by atoms with Gasteiger partial charge in [-0.15, -0.1) is 11.3 Å². The smallest absolute Gasteiger partial charge is 0.350 e. The van der Waals surface area contributed by atoms with Gasteiger partial charge in [0.2, 0.25) is 5.91 Å². The predicted molar refractivity (Wildman–Crippen MR) is 111 cm³/mol. The molecule has 0 spiro atoms. The summed E-state index contributed by atoms with van der Waals surface area (Å²) >= 11 is 1.33. The summed E-state index contributed by atoms with van der Waals surface area (Å²) in [4.78, 5) is 28.4. The molecule has 0 unspecified atom stereocenters. The number of hydrogen-bond acceptors (Lipinski definition) is 6. The summed E-state index contributed by atoms with van der Waals surface area (Å²) < 4.78 is 10.5. The maximum Gasteiger partial charge on any atom is 0.350 e. The van der Waals surface area contributed by atoms with Gasteiger partial charge in [-0.1, -0.05) is 30.3 Å². The third-order valence-corrected chi connectivity index (χ3v) is 5.92. The zero-order valence-corrected chi connectivity index (χ0v) is 17.1. The summed E-state index contributed by atoms with van der Waals surface area (Å²) in [5, 5.41) is 2.91. The Hall–Kier alpha value is -2.22. The molecule has 7 heteroatoms. The Balaban J connectivity index is 1.71. The summed E-state index contributed by atoms with van der Waals surface area (Å²) in [6.07, 6.45) is 2.13. The Labute approximate surface area is 169 Å². The second-order valence-corrected chi connectivity index (χ2v) is 7.75. The number of benzene rings is 1. The molecule has 2 aromatic rings. The average Bonchev–Trinajstić information content (AvgIpc) is 3.13. The standard InChI is InChI=1S/C21H26N2O4S/c1-3-27-21(25)20-17(13-18(28-20)15-7-5-4-6-8-15)22-19(24)14-23-11-9-16(26-2)10-12-23/h4-8,13,16H,3,9-12,14H2,1-2H3,(H,22,24). The van der Waals surface area contributed by atoms with Crippen molar-refractivity contribution in [1.82, 2.24) is 4.90 Å².